The number of para-hydroxylation sites is 1. The SMILES string of the molecule is O=C(NO)c1ccc(Cc2nc3ccccc3c(=O)n2-c2ccc(Cl)cc2)cc1. The van der Waals surface area contributed by atoms with Crippen molar-refractivity contribution in [2.24, 2.45) is 0 Å². The van der Waals surface area contributed by atoms with Crippen LogP contribution in [-0.4, -0.2) is 20.7 Å². The zero-order valence-electron chi connectivity index (χ0n) is 15.2. The van der Waals surface area contributed by atoms with Gasteiger partial charge in [-0.3, -0.25) is 19.4 Å². The number of rotatable bonds is 4. The van der Waals surface area contributed by atoms with Gasteiger partial charge in [0.1, 0.15) is 5.82 Å². The number of benzene rings is 3. The zero-order valence-corrected chi connectivity index (χ0v) is 15.9. The number of hydroxylamine groups is 1. The molecule has 4 aromatic rings. The number of nitrogens with zero attached hydrogens (tertiary/aromatic N) is 2. The van der Waals surface area contributed by atoms with Crippen molar-refractivity contribution in [2.75, 3.05) is 0 Å². The average molecular weight is 406 g/mol. The van der Waals surface area contributed by atoms with Crippen LogP contribution in [0.15, 0.2) is 77.6 Å². The Morgan fingerprint density at radius 1 is 1.00 bits per heavy atom. The van der Waals surface area contributed by atoms with Crippen molar-refractivity contribution < 1.29 is 10.0 Å². The smallest absolute Gasteiger partial charge is 0.274 e. The molecule has 29 heavy (non-hydrogen) atoms. The molecule has 6 nitrogen and oxygen atoms in total. The maximum Gasteiger partial charge on any atom is 0.274 e. The molecule has 0 unspecified atom stereocenters. The second-order valence-corrected chi connectivity index (χ2v) is 6.91. The fourth-order valence-electron chi connectivity index (χ4n) is 3.17. The largest absolute Gasteiger partial charge is 0.288 e. The van der Waals surface area contributed by atoms with E-state index in [1.54, 1.807) is 70.7 Å². The average Bonchev–Trinajstić information content (AvgIpc) is 2.75. The summed E-state index contributed by atoms with van der Waals surface area (Å²) in [5.74, 6) is -0.0196. The van der Waals surface area contributed by atoms with Crippen molar-refractivity contribution in [1.82, 2.24) is 15.0 Å². The van der Waals surface area contributed by atoms with E-state index in [4.69, 9.17) is 21.8 Å². The second kappa shape index (κ2) is 7.87. The summed E-state index contributed by atoms with van der Waals surface area (Å²) in [7, 11) is 0. The van der Waals surface area contributed by atoms with E-state index in [-0.39, 0.29) is 5.56 Å². The summed E-state index contributed by atoms with van der Waals surface area (Å²) < 4.78 is 1.58. The third-order valence-corrected chi connectivity index (χ3v) is 4.86. The summed E-state index contributed by atoms with van der Waals surface area (Å²) >= 11 is 6.00. The summed E-state index contributed by atoms with van der Waals surface area (Å²) in [6.07, 6.45) is 0.379. The quantitative estimate of drug-likeness (QED) is 0.400. The minimum Gasteiger partial charge on any atom is -0.288 e. The van der Waals surface area contributed by atoms with Crippen molar-refractivity contribution in [3.05, 3.63) is 105 Å². The van der Waals surface area contributed by atoms with Gasteiger partial charge in [-0.15, -0.1) is 0 Å². The van der Waals surface area contributed by atoms with Crippen LogP contribution >= 0.6 is 11.6 Å². The van der Waals surface area contributed by atoms with E-state index < -0.39 is 5.91 Å². The topological polar surface area (TPSA) is 84.2 Å². The second-order valence-electron chi connectivity index (χ2n) is 6.48. The van der Waals surface area contributed by atoms with Crippen LogP contribution in [0.4, 0.5) is 0 Å². The van der Waals surface area contributed by atoms with Crippen LogP contribution < -0.4 is 11.0 Å². The van der Waals surface area contributed by atoms with Crippen LogP contribution in [-0.2, 0) is 6.42 Å². The normalized spacial score (nSPS) is 10.8. The molecule has 144 valence electrons. The maximum atomic E-state index is 13.2. The first-order chi connectivity index (χ1) is 14.1. The predicted octanol–water partition coefficient (Wildman–Crippen LogP) is 3.75. The van der Waals surface area contributed by atoms with Crippen LogP contribution in [0, 0.1) is 0 Å². The van der Waals surface area contributed by atoms with Gasteiger partial charge in [-0.05, 0) is 54.1 Å². The monoisotopic (exact) mass is 405 g/mol. The van der Waals surface area contributed by atoms with Gasteiger partial charge in [0, 0.05) is 17.0 Å². The summed E-state index contributed by atoms with van der Waals surface area (Å²) in [6.45, 7) is 0. The van der Waals surface area contributed by atoms with Gasteiger partial charge >= 0.3 is 0 Å². The number of fused-ring (bicyclic) bond motifs is 1. The predicted molar refractivity (Wildman–Crippen MR) is 111 cm³/mol. The highest BCUT2D eigenvalue weighted by atomic mass is 35.5. The number of carbonyl (C=O) groups is 1. The van der Waals surface area contributed by atoms with Crippen molar-refractivity contribution in [2.45, 2.75) is 6.42 Å². The highest BCUT2D eigenvalue weighted by Gasteiger charge is 2.14. The molecular weight excluding hydrogens is 390 g/mol. The first-order valence-electron chi connectivity index (χ1n) is 8.87. The number of aromatic nitrogens is 2. The third kappa shape index (κ3) is 3.76. The fraction of sp³-hybridized carbons (Fsp3) is 0.0455. The molecular formula is C22H16ClN3O3. The van der Waals surface area contributed by atoms with Crippen molar-refractivity contribution >= 4 is 28.4 Å². The molecule has 7 heteroatoms. The molecule has 0 aliphatic heterocycles. The van der Waals surface area contributed by atoms with Crippen LogP contribution in [0.1, 0.15) is 21.7 Å². The van der Waals surface area contributed by atoms with E-state index in [9.17, 15) is 9.59 Å². The zero-order chi connectivity index (χ0) is 20.4. The molecule has 3 aromatic carbocycles. The van der Waals surface area contributed by atoms with E-state index in [0.29, 0.717) is 39.4 Å². The molecule has 1 aromatic heterocycles. The van der Waals surface area contributed by atoms with E-state index in [1.165, 1.54) is 0 Å². The van der Waals surface area contributed by atoms with Crippen LogP contribution in [0.25, 0.3) is 16.6 Å². The number of nitrogens with one attached hydrogen (secondary N) is 1. The summed E-state index contributed by atoms with van der Waals surface area (Å²) in [6, 6.07) is 20.9. The molecule has 0 saturated heterocycles. The Hall–Kier alpha value is -3.48. The van der Waals surface area contributed by atoms with Gasteiger partial charge in [-0.1, -0.05) is 35.9 Å². The first-order valence-corrected chi connectivity index (χ1v) is 9.24. The summed E-state index contributed by atoms with van der Waals surface area (Å²) in [4.78, 5) is 29.4. The Labute approximate surface area is 171 Å². The number of hydrogen-bond acceptors (Lipinski definition) is 4. The Morgan fingerprint density at radius 3 is 2.38 bits per heavy atom. The number of carbonyl (C=O) groups excluding carboxylic acids is 1. The van der Waals surface area contributed by atoms with Gasteiger partial charge in [0.15, 0.2) is 0 Å². The lowest BCUT2D eigenvalue weighted by molar-refractivity contribution is 0.0706. The van der Waals surface area contributed by atoms with Crippen molar-refractivity contribution in [1.29, 1.82) is 0 Å². The van der Waals surface area contributed by atoms with Crippen molar-refractivity contribution in [3.8, 4) is 5.69 Å². The highest BCUT2D eigenvalue weighted by Crippen LogP contribution is 2.18. The van der Waals surface area contributed by atoms with Gasteiger partial charge in [-0.2, -0.15) is 0 Å². The third-order valence-electron chi connectivity index (χ3n) is 4.61. The van der Waals surface area contributed by atoms with Gasteiger partial charge in [0.25, 0.3) is 11.5 Å². The van der Waals surface area contributed by atoms with Gasteiger partial charge < -0.3 is 0 Å². The summed E-state index contributed by atoms with van der Waals surface area (Å²) in [5, 5.41) is 9.86. The number of amides is 1. The molecule has 0 aliphatic rings. The fourth-order valence-corrected chi connectivity index (χ4v) is 3.30. The lowest BCUT2D eigenvalue weighted by atomic mass is 10.1. The lowest BCUT2D eigenvalue weighted by Gasteiger charge is -2.14. The Kier molecular flexibility index (Phi) is 5.12. The Balaban J connectivity index is 1.84. The van der Waals surface area contributed by atoms with E-state index in [1.807, 2.05) is 12.1 Å². The molecule has 4 rings (SSSR count). The minimum atomic E-state index is -0.585. The highest BCUT2D eigenvalue weighted by molar-refractivity contribution is 6.30. The Bertz CT molecular complexity index is 1250. The van der Waals surface area contributed by atoms with Gasteiger partial charge in [0.05, 0.1) is 16.6 Å². The van der Waals surface area contributed by atoms with E-state index >= 15 is 0 Å². The van der Waals surface area contributed by atoms with Crippen LogP contribution in [0.2, 0.25) is 5.02 Å². The van der Waals surface area contributed by atoms with Crippen LogP contribution in [0.3, 0.4) is 0 Å². The van der Waals surface area contributed by atoms with Crippen LogP contribution in [0.5, 0.6) is 0 Å². The lowest BCUT2D eigenvalue weighted by Crippen LogP contribution is -2.24. The molecule has 0 radical (unpaired) electrons. The molecule has 0 bridgehead atoms. The summed E-state index contributed by atoms with van der Waals surface area (Å²) in [5.41, 5.74) is 3.93. The molecule has 0 spiro atoms. The molecule has 0 fully saturated rings. The van der Waals surface area contributed by atoms with Gasteiger partial charge in [-0.25, -0.2) is 10.5 Å². The molecule has 1 heterocycles. The number of hydrogen-bond donors (Lipinski definition) is 2. The first kappa shape index (κ1) is 18.9. The molecule has 2 N–H and O–H groups in total. The standard InChI is InChI=1S/C22H16ClN3O3/c23-16-9-11-17(12-10-16)26-20(24-19-4-2-1-3-18(19)22(26)28)13-14-5-7-15(8-6-14)21(27)25-29/h1-12,29H,13H2,(H,25,27). The Morgan fingerprint density at radius 2 is 1.69 bits per heavy atom. The molecule has 0 atom stereocenters. The minimum absolute atomic E-state index is 0.163. The van der Waals surface area contributed by atoms with E-state index in [0.717, 1.165) is 5.56 Å². The van der Waals surface area contributed by atoms with E-state index in [2.05, 4.69) is 0 Å². The molecule has 1 amide bonds. The molecule has 0 aliphatic carbocycles. The number of halogens is 1. The molecule has 0 saturated carbocycles. The van der Waals surface area contributed by atoms with Gasteiger partial charge in [0.2, 0.25) is 0 Å². The van der Waals surface area contributed by atoms with Crippen molar-refractivity contribution in [3.63, 3.8) is 0 Å². The maximum absolute atomic E-state index is 13.2.